The van der Waals surface area contributed by atoms with Crippen LogP contribution in [0.15, 0.2) is 11.4 Å². The summed E-state index contributed by atoms with van der Waals surface area (Å²) >= 11 is 1.09. The number of carboxylic acids is 1. The van der Waals surface area contributed by atoms with E-state index in [1.807, 2.05) is 5.32 Å². The Labute approximate surface area is 124 Å². The quantitative estimate of drug-likeness (QED) is 0.683. The maximum atomic E-state index is 11.6. The van der Waals surface area contributed by atoms with Crippen molar-refractivity contribution in [2.24, 2.45) is 0 Å². The molecule has 0 aliphatic rings. The molecule has 3 amide bonds. The molecule has 1 aromatic heterocycles. The number of rotatable bonds is 6. The van der Waals surface area contributed by atoms with Crippen molar-refractivity contribution < 1.29 is 29.0 Å². The monoisotopic (exact) mass is 314 g/mol. The number of carbonyl (C=O) groups excluding carboxylic acids is 3. The molecule has 1 heterocycles. The number of carboxylic acid groups (broad SMARTS) is 1. The molecule has 0 aliphatic heterocycles. The van der Waals surface area contributed by atoms with E-state index in [1.54, 1.807) is 5.38 Å². The number of imide groups is 1. The Bertz CT molecular complexity index is 554. The second kappa shape index (κ2) is 8.00. The molecule has 0 unspecified atom stereocenters. The molecule has 0 aliphatic carbocycles. The van der Waals surface area contributed by atoms with Crippen LogP contribution in [0, 0.1) is 0 Å². The fourth-order valence-electron chi connectivity index (χ4n) is 1.40. The van der Waals surface area contributed by atoms with Crippen molar-refractivity contribution in [2.45, 2.75) is 19.3 Å². The molecule has 21 heavy (non-hydrogen) atoms. The number of carbonyl (C=O) groups is 4. The topological polar surface area (TPSA) is 122 Å². The van der Waals surface area contributed by atoms with Gasteiger partial charge >= 0.3 is 18.0 Å². The average Bonchev–Trinajstić information content (AvgIpc) is 2.85. The van der Waals surface area contributed by atoms with Gasteiger partial charge in [-0.3, -0.25) is 14.9 Å². The molecule has 0 atom stereocenters. The van der Waals surface area contributed by atoms with E-state index in [9.17, 15) is 19.2 Å². The van der Waals surface area contributed by atoms with Gasteiger partial charge in [0.25, 0.3) is 0 Å². The summed E-state index contributed by atoms with van der Waals surface area (Å²) in [6.07, 6.45) is -0.0837. The van der Waals surface area contributed by atoms with Crippen LogP contribution in [0.3, 0.4) is 0 Å². The number of ether oxygens (including phenoxy) is 1. The highest BCUT2D eigenvalue weighted by molar-refractivity contribution is 7.12. The Morgan fingerprint density at radius 3 is 2.62 bits per heavy atom. The zero-order chi connectivity index (χ0) is 15.8. The van der Waals surface area contributed by atoms with E-state index in [4.69, 9.17) is 5.11 Å². The second-order valence-corrected chi connectivity index (χ2v) is 4.82. The van der Waals surface area contributed by atoms with Crippen LogP contribution >= 0.6 is 11.3 Å². The van der Waals surface area contributed by atoms with Crippen LogP contribution in [-0.4, -0.2) is 36.1 Å². The molecule has 1 rings (SSSR count). The van der Waals surface area contributed by atoms with Crippen LogP contribution in [0.1, 0.15) is 28.9 Å². The third kappa shape index (κ3) is 5.61. The number of urea groups is 1. The molecule has 114 valence electrons. The smallest absolute Gasteiger partial charge is 0.350 e. The highest BCUT2D eigenvalue weighted by Gasteiger charge is 2.16. The number of thiophene rings is 1. The molecule has 0 fully saturated rings. The lowest BCUT2D eigenvalue weighted by molar-refractivity contribution is -0.137. The number of methoxy groups -OCH3 is 1. The molecule has 0 spiro atoms. The molecular formula is C12H14N2O6S. The molecule has 8 nitrogen and oxygen atoms in total. The largest absolute Gasteiger partial charge is 0.481 e. The van der Waals surface area contributed by atoms with Gasteiger partial charge in [0.1, 0.15) is 4.88 Å². The molecule has 0 saturated heterocycles. The Morgan fingerprint density at radius 2 is 2.00 bits per heavy atom. The highest BCUT2D eigenvalue weighted by atomic mass is 32.1. The summed E-state index contributed by atoms with van der Waals surface area (Å²) in [4.78, 5) is 44.9. The molecule has 9 heteroatoms. The summed E-state index contributed by atoms with van der Waals surface area (Å²) < 4.78 is 4.55. The van der Waals surface area contributed by atoms with Gasteiger partial charge in [-0.05, 0) is 17.9 Å². The van der Waals surface area contributed by atoms with Gasteiger partial charge in [-0.25, -0.2) is 9.59 Å². The molecule has 0 radical (unpaired) electrons. The molecule has 0 bridgehead atoms. The number of hydrogen-bond acceptors (Lipinski definition) is 6. The third-order valence-corrected chi connectivity index (χ3v) is 3.23. The van der Waals surface area contributed by atoms with Crippen molar-refractivity contribution in [2.75, 3.05) is 12.4 Å². The Kier molecular flexibility index (Phi) is 6.34. The van der Waals surface area contributed by atoms with E-state index in [0.717, 1.165) is 11.3 Å². The molecule has 3 N–H and O–H groups in total. The van der Waals surface area contributed by atoms with Gasteiger partial charge < -0.3 is 15.2 Å². The molecular weight excluding hydrogens is 300 g/mol. The first kappa shape index (κ1) is 16.6. The Hall–Kier alpha value is -2.42. The number of esters is 1. The van der Waals surface area contributed by atoms with E-state index >= 15 is 0 Å². The van der Waals surface area contributed by atoms with Crippen molar-refractivity contribution in [1.82, 2.24) is 5.32 Å². The van der Waals surface area contributed by atoms with Crippen molar-refractivity contribution in [3.05, 3.63) is 16.3 Å². The summed E-state index contributed by atoms with van der Waals surface area (Å²) in [7, 11) is 1.22. The van der Waals surface area contributed by atoms with E-state index in [0.29, 0.717) is 0 Å². The Balaban J connectivity index is 2.47. The fourth-order valence-corrected chi connectivity index (χ4v) is 2.17. The van der Waals surface area contributed by atoms with Crippen LogP contribution in [0.25, 0.3) is 0 Å². The number of amides is 3. The van der Waals surface area contributed by atoms with Gasteiger partial charge in [0.05, 0.1) is 12.8 Å². The zero-order valence-electron chi connectivity index (χ0n) is 11.2. The Morgan fingerprint density at radius 1 is 1.29 bits per heavy atom. The van der Waals surface area contributed by atoms with Crippen molar-refractivity contribution in [3.8, 4) is 0 Å². The van der Waals surface area contributed by atoms with Crippen LogP contribution in [0.5, 0.6) is 0 Å². The van der Waals surface area contributed by atoms with Gasteiger partial charge in [0.2, 0.25) is 5.91 Å². The lowest BCUT2D eigenvalue weighted by Gasteiger charge is -2.06. The number of nitrogens with one attached hydrogen (secondary N) is 2. The highest BCUT2D eigenvalue weighted by Crippen LogP contribution is 2.22. The van der Waals surface area contributed by atoms with Gasteiger partial charge in [-0.1, -0.05) is 0 Å². The average molecular weight is 314 g/mol. The molecule has 0 aromatic carbocycles. The standard InChI is InChI=1S/C12H14N2O6S/c1-20-11(18)10-7(5-6-21-10)13-12(19)14-8(15)3-2-4-9(16)17/h5-6H,2-4H2,1H3,(H,16,17)(H2,13,14,15,19). The summed E-state index contributed by atoms with van der Waals surface area (Å²) in [5, 5.41) is 14.4. The second-order valence-electron chi connectivity index (χ2n) is 3.90. The van der Waals surface area contributed by atoms with Crippen LogP contribution < -0.4 is 10.6 Å². The first-order chi connectivity index (χ1) is 9.93. The lowest BCUT2D eigenvalue weighted by atomic mass is 10.2. The predicted molar refractivity (Wildman–Crippen MR) is 74.3 cm³/mol. The number of hydrogen-bond donors (Lipinski definition) is 3. The van der Waals surface area contributed by atoms with E-state index in [2.05, 4.69) is 10.1 Å². The maximum Gasteiger partial charge on any atom is 0.350 e. The molecule has 1 aromatic rings. The van der Waals surface area contributed by atoms with Gasteiger partial charge in [0, 0.05) is 12.8 Å². The summed E-state index contributed by atoms with van der Waals surface area (Å²) in [6.45, 7) is 0. The van der Waals surface area contributed by atoms with E-state index in [-0.39, 0.29) is 29.8 Å². The SMILES string of the molecule is COC(=O)c1sccc1NC(=O)NC(=O)CCCC(=O)O. The predicted octanol–water partition coefficient (Wildman–Crippen LogP) is 1.44. The zero-order valence-corrected chi connectivity index (χ0v) is 12.0. The van der Waals surface area contributed by atoms with E-state index in [1.165, 1.54) is 13.2 Å². The minimum Gasteiger partial charge on any atom is -0.481 e. The third-order valence-electron chi connectivity index (χ3n) is 2.33. The van der Waals surface area contributed by atoms with Crippen LogP contribution in [-0.2, 0) is 14.3 Å². The van der Waals surface area contributed by atoms with Crippen molar-refractivity contribution in [1.29, 1.82) is 0 Å². The van der Waals surface area contributed by atoms with Gasteiger partial charge in [-0.2, -0.15) is 0 Å². The summed E-state index contributed by atoms with van der Waals surface area (Å²) in [5.74, 6) is -2.19. The van der Waals surface area contributed by atoms with Crippen molar-refractivity contribution >= 4 is 40.9 Å². The van der Waals surface area contributed by atoms with Gasteiger partial charge in [0.15, 0.2) is 0 Å². The summed E-state index contributed by atoms with van der Waals surface area (Å²) in [5.41, 5.74) is 0.239. The van der Waals surface area contributed by atoms with Crippen molar-refractivity contribution in [3.63, 3.8) is 0 Å². The van der Waals surface area contributed by atoms with Crippen LogP contribution in [0.2, 0.25) is 0 Å². The minimum absolute atomic E-state index is 0.0762. The van der Waals surface area contributed by atoms with Gasteiger partial charge in [-0.15, -0.1) is 11.3 Å². The number of aliphatic carboxylic acids is 1. The first-order valence-electron chi connectivity index (χ1n) is 5.92. The van der Waals surface area contributed by atoms with Crippen LogP contribution in [0.4, 0.5) is 10.5 Å². The minimum atomic E-state index is -1.01. The number of anilines is 1. The maximum absolute atomic E-state index is 11.6. The normalized spacial score (nSPS) is 9.76. The lowest BCUT2D eigenvalue weighted by Crippen LogP contribution is -2.34. The molecule has 0 saturated carbocycles. The van der Waals surface area contributed by atoms with E-state index < -0.39 is 23.9 Å². The fraction of sp³-hybridized carbons (Fsp3) is 0.333. The summed E-state index contributed by atoms with van der Waals surface area (Å²) in [6, 6.07) is 0.713. The first-order valence-corrected chi connectivity index (χ1v) is 6.80.